The molecule has 3 rings (SSSR count). The normalized spacial score (nSPS) is 13.6. The van der Waals surface area contributed by atoms with E-state index in [0.29, 0.717) is 31.8 Å². The second kappa shape index (κ2) is 12.1. The van der Waals surface area contributed by atoms with E-state index >= 15 is 0 Å². The monoisotopic (exact) mass is 435 g/mol. The fraction of sp³-hybridized carbons (Fsp3) is 0.370. The molecule has 5 heteroatoms. The number of fused-ring (bicyclic) bond motifs is 1. The lowest BCUT2D eigenvalue weighted by atomic mass is 10.00. The minimum Gasteiger partial charge on any atom is -0.491 e. The van der Waals surface area contributed by atoms with E-state index in [-0.39, 0.29) is 0 Å². The zero-order valence-electron chi connectivity index (χ0n) is 19.0. The Balaban J connectivity index is 1.74. The molecule has 0 saturated heterocycles. The predicted molar refractivity (Wildman–Crippen MR) is 130 cm³/mol. The van der Waals surface area contributed by atoms with Gasteiger partial charge in [-0.25, -0.2) is 4.79 Å². The fourth-order valence-electron chi connectivity index (χ4n) is 3.67. The Morgan fingerprint density at radius 1 is 1.09 bits per heavy atom. The van der Waals surface area contributed by atoms with E-state index in [1.165, 1.54) is 0 Å². The van der Waals surface area contributed by atoms with Crippen molar-refractivity contribution >= 4 is 17.7 Å². The third-order valence-electron chi connectivity index (χ3n) is 5.51. The maximum atomic E-state index is 11.7. The molecule has 2 aromatic rings. The molecular formula is C27H33NO4. The smallest absolute Gasteiger partial charge is 0.331 e. The number of unbranched alkanes of at least 4 members (excludes halogenated alkanes) is 1. The maximum absolute atomic E-state index is 11.7. The van der Waals surface area contributed by atoms with Crippen LogP contribution < -0.4 is 9.64 Å². The molecule has 0 bridgehead atoms. The number of allylic oxidation sites excluding steroid dienone is 1. The summed E-state index contributed by atoms with van der Waals surface area (Å²) in [5.41, 5.74) is 4.55. The van der Waals surface area contributed by atoms with Crippen LogP contribution in [0.3, 0.4) is 0 Å². The molecule has 1 heterocycles. The molecule has 0 aromatic heterocycles. The Morgan fingerprint density at radius 3 is 2.59 bits per heavy atom. The minimum atomic E-state index is -0.852. The number of ether oxygens (including phenoxy) is 2. The lowest BCUT2D eigenvalue weighted by molar-refractivity contribution is -0.132. The molecule has 32 heavy (non-hydrogen) atoms. The molecule has 1 aliphatic rings. The van der Waals surface area contributed by atoms with Crippen molar-refractivity contribution in [1.29, 1.82) is 0 Å². The number of hydrogen-bond donors (Lipinski definition) is 1. The van der Waals surface area contributed by atoms with E-state index < -0.39 is 5.97 Å². The second-order valence-corrected chi connectivity index (χ2v) is 7.85. The third kappa shape index (κ3) is 6.47. The average molecular weight is 436 g/mol. The highest BCUT2D eigenvalue weighted by Crippen LogP contribution is 2.33. The quantitative estimate of drug-likeness (QED) is 0.357. The number of benzene rings is 2. The van der Waals surface area contributed by atoms with Crippen molar-refractivity contribution in [2.24, 2.45) is 0 Å². The summed E-state index contributed by atoms with van der Waals surface area (Å²) in [6, 6.07) is 14.2. The van der Waals surface area contributed by atoms with Gasteiger partial charge < -0.3 is 19.5 Å². The molecule has 5 nitrogen and oxygen atoms in total. The number of carbonyl (C=O) groups is 1. The number of nitrogens with zero attached hydrogens (tertiary/aromatic N) is 1. The van der Waals surface area contributed by atoms with Crippen LogP contribution in [0.25, 0.3) is 17.2 Å². The SMILES string of the molecule is CC=CCN1CCC(C(=O)O)=Cc2cc(-c3ccc(OCCOCCCC)cc3)ccc21. The largest absolute Gasteiger partial charge is 0.491 e. The van der Waals surface area contributed by atoms with Gasteiger partial charge in [0.1, 0.15) is 12.4 Å². The summed E-state index contributed by atoms with van der Waals surface area (Å²) in [4.78, 5) is 13.9. The van der Waals surface area contributed by atoms with E-state index in [1.54, 1.807) is 0 Å². The lowest BCUT2D eigenvalue weighted by Crippen LogP contribution is -2.25. The van der Waals surface area contributed by atoms with Crippen molar-refractivity contribution in [3.63, 3.8) is 0 Å². The highest BCUT2D eigenvalue weighted by Gasteiger charge is 2.19. The van der Waals surface area contributed by atoms with Gasteiger partial charge in [0.2, 0.25) is 0 Å². The first-order valence-electron chi connectivity index (χ1n) is 11.4. The minimum absolute atomic E-state index is 0.441. The van der Waals surface area contributed by atoms with E-state index in [0.717, 1.165) is 54.1 Å². The lowest BCUT2D eigenvalue weighted by Gasteiger charge is -2.24. The first-order valence-corrected chi connectivity index (χ1v) is 11.4. The second-order valence-electron chi connectivity index (χ2n) is 7.85. The Kier molecular flexibility index (Phi) is 8.93. The molecular weight excluding hydrogens is 402 g/mol. The zero-order chi connectivity index (χ0) is 22.8. The highest BCUT2D eigenvalue weighted by molar-refractivity contribution is 5.94. The van der Waals surface area contributed by atoms with Gasteiger partial charge in [-0.15, -0.1) is 0 Å². The summed E-state index contributed by atoms with van der Waals surface area (Å²) in [6.45, 7) is 7.49. The Morgan fingerprint density at radius 2 is 1.88 bits per heavy atom. The van der Waals surface area contributed by atoms with Crippen LogP contribution in [0.4, 0.5) is 5.69 Å². The molecule has 0 amide bonds. The summed E-state index contributed by atoms with van der Waals surface area (Å²) in [5.74, 6) is -0.0393. The molecule has 0 unspecified atom stereocenters. The Bertz CT molecular complexity index is 947. The van der Waals surface area contributed by atoms with Crippen molar-refractivity contribution in [2.75, 3.05) is 37.8 Å². The standard InChI is InChI=1S/C27H33NO4/c1-3-5-14-28-15-13-23(27(29)30)20-24-19-22(9-12-26(24)28)21-7-10-25(11-8-21)32-18-17-31-16-6-4-2/h3,5,7-12,19-20H,4,6,13-18H2,1-2H3,(H,29,30). The van der Waals surface area contributed by atoms with E-state index in [2.05, 4.69) is 36.1 Å². The van der Waals surface area contributed by atoms with Gasteiger partial charge in [-0.3, -0.25) is 0 Å². The summed E-state index contributed by atoms with van der Waals surface area (Å²) >= 11 is 0. The van der Waals surface area contributed by atoms with E-state index in [1.807, 2.05) is 43.3 Å². The van der Waals surface area contributed by atoms with Crippen molar-refractivity contribution in [2.45, 2.75) is 33.1 Å². The van der Waals surface area contributed by atoms with Gasteiger partial charge in [0.15, 0.2) is 0 Å². The van der Waals surface area contributed by atoms with Gasteiger partial charge in [0, 0.05) is 31.0 Å². The molecule has 170 valence electrons. The number of anilines is 1. The predicted octanol–water partition coefficient (Wildman–Crippen LogP) is 5.80. The van der Waals surface area contributed by atoms with Crippen molar-refractivity contribution < 1.29 is 19.4 Å². The molecule has 0 aliphatic carbocycles. The van der Waals surface area contributed by atoms with Crippen LogP contribution in [0.15, 0.2) is 60.2 Å². The summed E-state index contributed by atoms with van der Waals surface area (Å²) in [7, 11) is 0. The molecule has 0 saturated carbocycles. The van der Waals surface area contributed by atoms with Gasteiger partial charge in [0.25, 0.3) is 0 Å². The maximum Gasteiger partial charge on any atom is 0.331 e. The first-order chi connectivity index (χ1) is 15.6. The first kappa shape index (κ1) is 23.6. The molecule has 2 aromatic carbocycles. The number of rotatable bonds is 11. The van der Waals surface area contributed by atoms with Gasteiger partial charge in [-0.2, -0.15) is 0 Å². The van der Waals surface area contributed by atoms with Crippen molar-refractivity contribution in [1.82, 2.24) is 0 Å². The number of carboxylic acids is 1. The summed E-state index contributed by atoms with van der Waals surface area (Å²) < 4.78 is 11.3. The molecule has 0 spiro atoms. The van der Waals surface area contributed by atoms with Crippen LogP contribution in [-0.2, 0) is 9.53 Å². The molecule has 0 fully saturated rings. The average Bonchev–Trinajstić information content (AvgIpc) is 2.99. The summed E-state index contributed by atoms with van der Waals surface area (Å²) in [6.07, 6.45) is 8.65. The topological polar surface area (TPSA) is 59.0 Å². The number of hydrogen-bond acceptors (Lipinski definition) is 4. The van der Waals surface area contributed by atoms with Crippen LogP contribution >= 0.6 is 0 Å². The number of aliphatic carboxylic acids is 1. The molecule has 1 N–H and O–H groups in total. The fourth-order valence-corrected chi connectivity index (χ4v) is 3.67. The highest BCUT2D eigenvalue weighted by atomic mass is 16.5. The Labute approximate surface area is 191 Å². The van der Waals surface area contributed by atoms with Crippen LogP contribution in [0.2, 0.25) is 0 Å². The Hall–Kier alpha value is -3.05. The molecule has 1 aliphatic heterocycles. The summed E-state index contributed by atoms with van der Waals surface area (Å²) in [5, 5.41) is 9.58. The van der Waals surface area contributed by atoms with Gasteiger partial charge in [0.05, 0.1) is 6.61 Å². The van der Waals surface area contributed by atoms with Crippen LogP contribution in [0.5, 0.6) is 5.75 Å². The van der Waals surface area contributed by atoms with Gasteiger partial charge in [-0.1, -0.05) is 43.7 Å². The third-order valence-corrected chi connectivity index (χ3v) is 5.51. The molecule has 0 radical (unpaired) electrons. The van der Waals surface area contributed by atoms with Crippen molar-refractivity contribution in [3.8, 4) is 16.9 Å². The van der Waals surface area contributed by atoms with Gasteiger partial charge >= 0.3 is 5.97 Å². The van der Waals surface area contributed by atoms with E-state index in [9.17, 15) is 9.90 Å². The van der Waals surface area contributed by atoms with Crippen LogP contribution in [0, 0.1) is 0 Å². The van der Waals surface area contributed by atoms with Gasteiger partial charge in [-0.05, 0) is 66.8 Å². The van der Waals surface area contributed by atoms with Crippen molar-refractivity contribution in [3.05, 3.63) is 65.8 Å². The zero-order valence-corrected chi connectivity index (χ0v) is 19.0. The van der Waals surface area contributed by atoms with E-state index in [4.69, 9.17) is 9.47 Å². The van der Waals surface area contributed by atoms with Crippen LogP contribution in [-0.4, -0.2) is 44.0 Å². The van der Waals surface area contributed by atoms with Crippen LogP contribution in [0.1, 0.15) is 38.7 Å². The number of carboxylic acid groups (broad SMARTS) is 1. The molecule has 0 atom stereocenters.